The predicted molar refractivity (Wildman–Crippen MR) is 92.3 cm³/mol. The molecule has 128 valence electrons. The molecule has 0 amide bonds. The van der Waals surface area contributed by atoms with Crippen LogP contribution in [0.4, 0.5) is 0 Å². The van der Waals surface area contributed by atoms with Crippen LogP contribution >= 0.6 is 0 Å². The van der Waals surface area contributed by atoms with Crippen LogP contribution in [0.15, 0.2) is 47.1 Å². The topological polar surface area (TPSA) is 60.4 Å². The van der Waals surface area contributed by atoms with Gasteiger partial charge in [-0.05, 0) is 63.3 Å². The Morgan fingerprint density at radius 2 is 1.88 bits per heavy atom. The number of hydrogen-bond donors (Lipinski definition) is 0. The summed E-state index contributed by atoms with van der Waals surface area (Å²) in [4.78, 5) is 36.4. The van der Waals surface area contributed by atoms with Gasteiger partial charge in [-0.25, -0.2) is 4.79 Å². The third kappa shape index (κ3) is 4.63. The van der Waals surface area contributed by atoms with E-state index in [1.54, 1.807) is 6.92 Å². The van der Waals surface area contributed by atoms with E-state index in [9.17, 15) is 14.4 Å². The molecule has 2 rings (SSSR count). The molecule has 1 aliphatic carbocycles. The van der Waals surface area contributed by atoms with Gasteiger partial charge in [0.25, 0.3) is 0 Å². The second kappa shape index (κ2) is 7.56. The summed E-state index contributed by atoms with van der Waals surface area (Å²) in [6.07, 6.45) is 6.46. The molecule has 0 spiro atoms. The number of fused-ring (bicyclic) bond motifs is 1. The smallest absolute Gasteiger partial charge is 0.334 e. The first kappa shape index (κ1) is 18.1. The van der Waals surface area contributed by atoms with Crippen LogP contribution in [-0.2, 0) is 19.1 Å². The molecule has 2 atom stereocenters. The monoisotopic (exact) mass is 328 g/mol. The lowest BCUT2D eigenvalue weighted by Crippen LogP contribution is -2.12. The van der Waals surface area contributed by atoms with E-state index in [2.05, 4.69) is 6.58 Å². The fourth-order valence-electron chi connectivity index (χ4n) is 3.02. The van der Waals surface area contributed by atoms with Gasteiger partial charge in [0.15, 0.2) is 11.6 Å². The minimum absolute atomic E-state index is 0.0103. The molecule has 0 radical (unpaired) electrons. The van der Waals surface area contributed by atoms with Gasteiger partial charge in [0.2, 0.25) is 0 Å². The van der Waals surface area contributed by atoms with E-state index in [0.29, 0.717) is 36.8 Å². The summed E-state index contributed by atoms with van der Waals surface area (Å²) in [6, 6.07) is 0. The summed E-state index contributed by atoms with van der Waals surface area (Å²) in [5, 5.41) is 0. The first-order chi connectivity index (χ1) is 11.3. The van der Waals surface area contributed by atoms with Crippen LogP contribution in [0.3, 0.4) is 0 Å². The maximum absolute atomic E-state index is 12.4. The van der Waals surface area contributed by atoms with E-state index in [1.165, 1.54) is 12.2 Å². The Hall–Kier alpha value is -2.23. The summed E-state index contributed by atoms with van der Waals surface area (Å²) in [5.41, 5.74) is 2.85. The van der Waals surface area contributed by atoms with Gasteiger partial charge in [0.05, 0.1) is 0 Å². The minimum Gasteiger partial charge on any atom is -0.454 e. The molecule has 2 bridgehead atoms. The Bertz CT molecular complexity index is 676. The van der Waals surface area contributed by atoms with Gasteiger partial charge in [-0.15, -0.1) is 0 Å². The van der Waals surface area contributed by atoms with Crippen LogP contribution in [0, 0.1) is 5.92 Å². The third-order valence-electron chi connectivity index (χ3n) is 4.51. The Balaban J connectivity index is 2.32. The van der Waals surface area contributed by atoms with E-state index in [-0.39, 0.29) is 29.6 Å². The molecule has 0 saturated carbocycles. The second-order valence-corrected chi connectivity index (χ2v) is 6.77. The minimum atomic E-state index is -0.311. The maximum Gasteiger partial charge on any atom is 0.334 e. The molecule has 4 nitrogen and oxygen atoms in total. The van der Waals surface area contributed by atoms with Crippen molar-refractivity contribution in [3.63, 3.8) is 0 Å². The van der Waals surface area contributed by atoms with Crippen molar-refractivity contribution in [1.82, 2.24) is 0 Å². The lowest BCUT2D eigenvalue weighted by Gasteiger charge is -2.16. The highest BCUT2D eigenvalue weighted by Crippen LogP contribution is 2.28. The Morgan fingerprint density at radius 3 is 2.54 bits per heavy atom. The molecule has 2 aliphatic rings. The standard InChI is InChI=1S/C20H24O4/c1-12(2)15-5-6-16-10-18(24-20(16)23)8-13(3)7-17(21)9-14(4)19(22)11-15/h7,9-10,15,18H,1,5-6,8,11H2,2-4H3/b13-7-,14-9-/t15-,18+/m1/s1. The zero-order valence-electron chi connectivity index (χ0n) is 14.6. The number of carbonyl (C=O) groups excluding carboxylic acids is 3. The molecular formula is C20H24O4. The molecular weight excluding hydrogens is 304 g/mol. The van der Waals surface area contributed by atoms with Crippen molar-refractivity contribution in [3.05, 3.63) is 47.1 Å². The number of Topliss-reactive ketones (excluding diaryl/α,β-unsaturated/α-hetero) is 1. The molecule has 0 saturated heterocycles. The van der Waals surface area contributed by atoms with Crippen LogP contribution in [-0.4, -0.2) is 23.6 Å². The van der Waals surface area contributed by atoms with Crippen molar-refractivity contribution >= 4 is 17.5 Å². The highest BCUT2D eigenvalue weighted by atomic mass is 16.5. The number of rotatable bonds is 1. The SMILES string of the molecule is C=C(C)[C@@H]1CCC2=C[C@H](C/C(C)=C\C(=O)/C=C(/C)C(=O)C1)OC2=O. The van der Waals surface area contributed by atoms with Crippen LogP contribution < -0.4 is 0 Å². The van der Waals surface area contributed by atoms with Gasteiger partial charge in [-0.2, -0.15) is 0 Å². The number of ether oxygens (including phenoxy) is 1. The van der Waals surface area contributed by atoms with Crippen LogP contribution in [0.25, 0.3) is 0 Å². The van der Waals surface area contributed by atoms with E-state index >= 15 is 0 Å². The summed E-state index contributed by atoms with van der Waals surface area (Å²) in [7, 11) is 0. The summed E-state index contributed by atoms with van der Waals surface area (Å²) < 4.78 is 5.36. The van der Waals surface area contributed by atoms with Crippen molar-refractivity contribution < 1.29 is 19.1 Å². The Kier molecular flexibility index (Phi) is 5.71. The largest absolute Gasteiger partial charge is 0.454 e. The molecule has 0 aromatic carbocycles. The van der Waals surface area contributed by atoms with Crippen LogP contribution in [0.1, 0.15) is 46.5 Å². The third-order valence-corrected chi connectivity index (χ3v) is 4.51. The van der Waals surface area contributed by atoms with E-state index in [4.69, 9.17) is 4.74 Å². The lowest BCUT2D eigenvalue weighted by molar-refractivity contribution is -0.139. The second-order valence-electron chi connectivity index (χ2n) is 6.77. The number of hydrogen-bond acceptors (Lipinski definition) is 4. The van der Waals surface area contributed by atoms with Crippen LogP contribution in [0.2, 0.25) is 0 Å². The van der Waals surface area contributed by atoms with E-state index in [0.717, 1.165) is 11.1 Å². The van der Waals surface area contributed by atoms with Crippen LogP contribution in [0.5, 0.6) is 0 Å². The first-order valence-electron chi connectivity index (χ1n) is 8.26. The number of carbonyl (C=O) groups is 3. The van der Waals surface area contributed by atoms with E-state index in [1.807, 2.05) is 19.9 Å². The molecule has 0 aromatic rings. The lowest BCUT2D eigenvalue weighted by atomic mass is 9.87. The number of allylic oxidation sites excluding steroid dienone is 4. The quantitative estimate of drug-likeness (QED) is 0.545. The number of ketones is 2. The summed E-state index contributed by atoms with van der Waals surface area (Å²) in [5.74, 6) is -0.574. The molecule has 1 heterocycles. The van der Waals surface area contributed by atoms with Crippen molar-refractivity contribution in [2.75, 3.05) is 0 Å². The van der Waals surface area contributed by atoms with Crippen molar-refractivity contribution in [2.45, 2.75) is 52.6 Å². The summed E-state index contributed by atoms with van der Waals surface area (Å²) in [6.45, 7) is 9.35. The summed E-state index contributed by atoms with van der Waals surface area (Å²) >= 11 is 0. The molecule has 0 unspecified atom stereocenters. The van der Waals surface area contributed by atoms with Gasteiger partial charge >= 0.3 is 5.97 Å². The Morgan fingerprint density at radius 1 is 1.17 bits per heavy atom. The fourth-order valence-corrected chi connectivity index (χ4v) is 3.02. The zero-order chi connectivity index (χ0) is 17.9. The zero-order valence-corrected chi connectivity index (χ0v) is 14.6. The van der Waals surface area contributed by atoms with Crippen molar-refractivity contribution in [1.29, 1.82) is 0 Å². The average Bonchev–Trinajstić information content (AvgIpc) is 2.81. The molecule has 0 aromatic heterocycles. The van der Waals surface area contributed by atoms with Gasteiger partial charge in [0.1, 0.15) is 6.10 Å². The van der Waals surface area contributed by atoms with Gasteiger partial charge in [-0.1, -0.05) is 17.7 Å². The number of esters is 1. The predicted octanol–water partition coefficient (Wildman–Crippen LogP) is 3.64. The van der Waals surface area contributed by atoms with Gasteiger partial charge in [-0.3, -0.25) is 9.59 Å². The molecule has 1 aliphatic heterocycles. The average molecular weight is 328 g/mol. The van der Waals surface area contributed by atoms with Crippen molar-refractivity contribution in [3.8, 4) is 0 Å². The fraction of sp³-hybridized carbons (Fsp3) is 0.450. The molecule has 24 heavy (non-hydrogen) atoms. The van der Waals surface area contributed by atoms with E-state index < -0.39 is 0 Å². The van der Waals surface area contributed by atoms with Gasteiger partial charge < -0.3 is 4.74 Å². The van der Waals surface area contributed by atoms with Crippen molar-refractivity contribution in [2.24, 2.45) is 5.92 Å². The normalized spacial score (nSPS) is 30.5. The highest BCUT2D eigenvalue weighted by molar-refractivity contribution is 6.07. The maximum atomic E-state index is 12.4. The van der Waals surface area contributed by atoms with Gasteiger partial charge in [0, 0.05) is 18.4 Å². The first-order valence-corrected chi connectivity index (χ1v) is 8.26. The molecule has 0 fully saturated rings. The molecule has 4 heteroatoms. The highest BCUT2D eigenvalue weighted by Gasteiger charge is 2.27. The Labute approximate surface area is 143 Å². The molecule has 0 N–H and O–H groups in total.